The van der Waals surface area contributed by atoms with Crippen LogP contribution in [0.3, 0.4) is 0 Å². The fourth-order valence-corrected chi connectivity index (χ4v) is 5.73. The number of guanidine groups is 1. The summed E-state index contributed by atoms with van der Waals surface area (Å²) in [6.45, 7) is 4.23. The lowest BCUT2D eigenvalue weighted by Crippen LogP contribution is -2.56. The molecule has 3 rings (SSSR count). The average molecular weight is 398 g/mol. The summed E-state index contributed by atoms with van der Waals surface area (Å²) in [7, 11) is -0.924. The molecule has 3 atom stereocenters. The van der Waals surface area contributed by atoms with Crippen molar-refractivity contribution in [3.05, 3.63) is 0 Å². The van der Waals surface area contributed by atoms with Crippen molar-refractivity contribution >= 4 is 15.8 Å². The maximum atomic E-state index is 11.7. The van der Waals surface area contributed by atoms with Gasteiger partial charge in [0, 0.05) is 39.3 Å². The van der Waals surface area contributed by atoms with Crippen LogP contribution in [0.4, 0.5) is 0 Å². The van der Waals surface area contributed by atoms with Crippen molar-refractivity contribution in [2.24, 2.45) is 10.9 Å². The quantitative estimate of drug-likeness (QED) is 0.530. The van der Waals surface area contributed by atoms with Gasteiger partial charge >= 0.3 is 0 Å². The molecule has 0 spiro atoms. The molecule has 0 amide bonds. The number of sulfone groups is 1. The Hall–Kier alpha value is -1.37. The van der Waals surface area contributed by atoms with Gasteiger partial charge < -0.3 is 15.0 Å². The minimum Gasteiger partial charge on any atom is -0.376 e. The molecular weight excluding hydrogens is 366 g/mol. The number of aliphatic imine (C=N–C) groups is 1. The summed E-state index contributed by atoms with van der Waals surface area (Å²) in [4.78, 5) is 8.94. The highest BCUT2D eigenvalue weighted by atomic mass is 32.2. The van der Waals surface area contributed by atoms with Gasteiger partial charge in [0.05, 0.1) is 23.7 Å². The maximum Gasteiger partial charge on any atom is 0.194 e. The van der Waals surface area contributed by atoms with E-state index in [1.54, 1.807) is 0 Å². The van der Waals surface area contributed by atoms with Crippen LogP contribution in [0.15, 0.2) is 4.99 Å². The van der Waals surface area contributed by atoms with Crippen molar-refractivity contribution in [2.75, 3.05) is 57.9 Å². The van der Waals surface area contributed by atoms with E-state index in [4.69, 9.17) is 9.73 Å². The molecule has 3 saturated heterocycles. The first-order chi connectivity index (χ1) is 13.0. The van der Waals surface area contributed by atoms with Crippen LogP contribution in [0, 0.1) is 17.2 Å². The van der Waals surface area contributed by atoms with Crippen LogP contribution in [-0.2, 0) is 14.6 Å². The Morgan fingerprint density at radius 2 is 2.19 bits per heavy atom. The summed E-state index contributed by atoms with van der Waals surface area (Å²) < 4.78 is 29.2. The molecular formula is C18H31N5O3S. The third-order valence-electron chi connectivity index (χ3n) is 5.68. The SMILES string of the molecule is CN1CCN(C(=NCC2CCS(=O)(=O)C2)NCC2CCCCO2)CC1C#N. The van der Waals surface area contributed by atoms with Crippen LogP contribution >= 0.6 is 0 Å². The third-order valence-corrected chi connectivity index (χ3v) is 7.52. The number of likely N-dealkylation sites (N-methyl/N-ethyl adjacent to an activating group) is 1. The van der Waals surface area contributed by atoms with Gasteiger partial charge in [0.15, 0.2) is 15.8 Å². The van der Waals surface area contributed by atoms with Gasteiger partial charge in [-0.15, -0.1) is 0 Å². The van der Waals surface area contributed by atoms with Crippen LogP contribution in [0.2, 0.25) is 0 Å². The summed E-state index contributed by atoms with van der Waals surface area (Å²) in [5, 5.41) is 12.8. The Labute approximate surface area is 162 Å². The van der Waals surface area contributed by atoms with Gasteiger partial charge in [0.25, 0.3) is 0 Å². The fourth-order valence-electron chi connectivity index (χ4n) is 3.88. The van der Waals surface area contributed by atoms with E-state index in [9.17, 15) is 13.7 Å². The average Bonchev–Trinajstić information content (AvgIpc) is 3.02. The van der Waals surface area contributed by atoms with Crippen LogP contribution in [-0.4, -0.2) is 94.2 Å². The lowest BCUT2D eigenvalue weighted by Gasteiger charge is -2.38. The second-order valence-corrected chi connectivity index (χ2v) is 10.1. The first-order valence-corrected chi connectivity index (χ1v) is 11.7. The molecule has 3 aliphatic rings. The van der Waals surface area contributed by atoms with Gasteiger partial charge in [-0.05, 0) is 38.6 Å². The zero-order valence-corrected chi connectivity index (χ0v) is 17.0. The fraction of sp³-hybridized carbons (Fsp3) is 0.889. The van der Waals surface area contributed by atoms with E-state index < -0.39 is 9.84 Å². The molecule has 9 heteroatoms. The third kappa shape index (κ3) is 5.80. The predicted molar refractivity (Wildman–Crippen MR) is 104 cm³/mol. The molecule has 3 unspecified atom stereocenters. The van der Waals surface area contributed by atoms with Gasteiger partial charge in [-0.3, -0.25) is 9.89 Å². The molecule has 0 saturated carbocycles. The number of hydrogen-bond donors (Lipinski definition) is 1. The van der Waals surface area contributed by atoms with E-state index >= 15 is 0 Å². The molecule has 0 bridgehead atoms. The maximum absolute atomic E-state index is 11.7. The van der Waals surface area contributed by atoms with Gasteiger partial charge in [-0.1, -0.05) is 0 Å². The summed E-state index contributed by atoms with van der Waals surface area (Å²) in [5.41, 5.74) is 0. The Morgan fingerprint density at radius 3 is 2.85 bits per heavy atom. The van der Waals surface area contributed by atoms with Crippen molar-refractivity contribution in [1.82, 2.24) is 15.1 Å². The number of nitrogens with one attached hydrogen (secondary N) is 1. The highest BCUT2D eigenvalue weighted by Gasteiger charge is 2.29. The Kier molecular flexibility index (Phi) is 6.95. The van der Waals surface area contributed by atoms with Crippen LogP contribution < -0.4 is 5.32 Å². The highest BCUT2D eigenvalue weighted by Crippen LogP contribution is 2.19. The lowest BCUT2D eigenvalue weighted by atomic mass is 10.1. The summed E-state index contributed by atoms with van der Waals surface area (Å²) in [6, 6.07) is 2.19. The number of nitrogens with zero attached hydrogens (tertiary/aromatic N) is 4. The molecule has 0 aliphatic carbocycles. The highest BCUT2D eigenvalue weighted by molar-refractivity contribution is 7.91. The molecule has 3 fully saturated rings. The van der Waals surface area contributed by atoms with E-state index in [1.807, 2.05) is 7.05 Å². The van der Waals surface area contributed by atoms with E-state index in [0.717, 1.165) is 38.5 Å². The van der Waals surface area contributed by atoms with Crippen LogP contribution in [0.25, 0.3) is 0 Å². The van der Waals surface area contributed by atoms with E-state index in [-0.39, 0.29) is 29.6 Å². The Balaban J connectivity index is 1.64. The molecule has 0 aromatic rings. The normalized spacial score (nSPS) is 32.2. The minimum atomic E-state index is -2.89. The van der Waals surface area contributed by atoms with Crippen molar-refractivity contribution in [3.63, 3.8) is 0 Å². The Bertz CT molecular complexity index is 669. The van der Waals surface area contributed by atoms with E-state index in [2.05, 4.69) is 21.2 Å². The van der Waals surface area contributed by atoms with Crippen LogP contribution in [0.1, 0.15) is 25.7 Å². The van der Waals surface area contributed by atoms with Crippen molar-refractivity contribution in [3.8, 4) is 6.07 Å². The van der Waals surface area contributed by atoms with E-state index in [0.29, 0.717) is 26.1 Å². The topological polar surface area (TPSA) is 98.0 Å². The predicted octanol–water partition coefficient (Wildman–Crippen LogP) is 0.0754. The second kappa shape index (κ2) is 9.22. The number of piperazine rings is 1. The van der Waals surface area contributed by atoms with Gasteiger partial charge in [-0.25, -0.2) is 8.42 Å². The van der Waals surface area contributed by atoms with Crippen molar-refractivity contribution < 1.29 is 13.2 Å². The summed E-state index contributed by atoms with van der Waals surface area (Å²) in [5.74, 6) is 1.38. The standard InChI is InChI=1S/C18H31N5O3S/c1-22-6-7-23(13-16(22)10-19)18(21-12-17-4-2-3-8-26-17)20-11-15-5-9-27(24,25)14-15/h15-17H,2-9,11-14H2,1H3,(H,20,21). The largest absolute Gasteiger partial charge is 0.376 e. The molecule has 152 valence electrons. The van der Waals surface area contributed by atoms with Gasteiger partial charge in [-0.2, -0.15) is 5.26 Å². The van der Waals surface area contributed by atoms with Crippen LogP contribution in [0.5, 0.6) is 0 Å². The molecule has 3 aliphatic heterocycles. The molecule has 8 nitrogen and oxygen atoms in total. The zero-order chi connectivity index (χ0) is 19.3. The first kappa shape index (κ1) is 20.4. The summed E-state index contributed by atoms with van der Waals surface area (Å²) in [6.07, 6.45) is 4.23. The molecule has 0 radical (unpaired) electrons. The molecule has 0 aromatic heterocycles. The molecule has 0 aromatic carbocycles. The zero-order valence-electron chi connectivity index (χ0n) is 16.1. The lowest BCUT2D eigenvalue weighted by molar-refractivity contribution is 0.0189. The molecule has 3 heterocycles. The number of rotatable bonds is 4. The van der Waals surface area contributed by atoms with Crippen molar-refractivity contribution in [1.29, 1.82) is 5.26 Å². The second-order valence-electron chi connectivity index (χ2n) is 7.87. The van der Waals surface area contributed by atoms with Crippen molar-refractivity contribution in [2.45, 2.75) is 37.8 Å². The first-order valence-electron chi connectivity index (χ1n) is 9.92. The minimum absolute atomic E-state index is 0.0944. The van der Waals surface area contributed by atoms with Gasteiger partial charge in [0.2, 0.25) is 0 Å². The number of nitriles is 1. The number of ether oxygens (including phenoxy) is 1. The number of hydrogen-bond acceptors (Lipinski definition) is 6. The Morgan fingerprint density at radius 1 is 1.33 bits per heavy atom. The summed E-state index contributed by atoms with van der Waals surface area (Å²) >= 11 is 0. The molecule has 27 heavy (non-hydrogen) atoms. The van der Waals surface area contributed by atoms with Gasteiger partial charge in [0.1, 0.15) is 6.04 Å². The van der Waals surface area contributed by atoms with E-state index in [1.165, 1.54) is 6.42 Å². The smallest absolute Gasteiger partial charge is 0.194 e. The molecule has 1 N–H and O–H groups in total. The monoisotopic (exact) mass is 397 g/mol.